The van der Waals surface area contributed by atoms with Crippen molar-refractivity contribution in [3.8, 4) is 0 Å². The Labute approximate surface area is 200 Å². The minimum absolute atomic E-state index is 0.390. The monoisotopic (exact) mass is 516 g/mol. The number of halogens is 6. The van der Waals surface area contributed by atoms with E-state index in [0.29, 0.717) is 12.1 Å². The Morgan fingerprint density at radius 2 is 1.64 bits per heavy atom. The number of benzene rings is 1. The van der Waals surface area contributed by atoms with Gasteiger partial charge in [-0.1, -0.05) is 20.8 Å². The summed E-state index contributed by atoms with van der Waals surface area (Å²) in [5.74, 6) is -5.42. The van der Waals surface area contributed by atoms with Crippen molar-refractivity contribution in [3.63, 3.8) is 0 Å². The minimum Gasteiger partial charge on any atom is -0.477 e. The largest absolute Gasteiger partial charge is 0.477 e. The predicted octanol–water partition coefficient (Wildman–Crippen LogP) is 4.90. The Kier molecular flexibility index (Phi) is 7.22. The molecular weight excluding hydrogens is 494 g/mol. The van der Waals surface area contributed by atoms with Crippen LogP contribution in [0.2, 0.25) is 0 Å². The molecule has 0 spiro atoms. The number of aliphatic hydroxyl groups excluding tert-OH is 1. The van der Waals surface area contributed by atoms with E-state index in [1.54, 1.807) is 20.8 Å². The van der Waals surface area contributed by atoms with Crippen LogP contribution in [-0.2, 0) is 19.0 Å². The lowest BCUT2D eigenvalue weighted by molar-refractivity contribution is -0.141. The van der Waals surface area contributed by atoms with Crippen molar-refractivity contribution < 1.29 is 41.4 Å². The van der Waals surface area contributed by atoms with Crippen LogP contribution in [-0.4, -0.2) is 32.3 Å². The second-order valence-corrected chi connectivity index (χ2v) is 9.36. The zero-order chi connectivity index (χ0) is 27.2. The third-order valence-electron chi connectivity index (χ3n) is 5.84. The average Bonchev–Trinajstić information content (AvgIpc) is 2.72. The van der Waals surface area contributed by atoms with Crippen LogP contribution in [0.25, 0.3) is 11.0 Å². The summed E-state index contributed by atoms with van der Waals surface area (Å²) < 4.78 is 84.2. The number of aliphatic hydroxyl groups is 1. The maximum atomic E-state index is 14.0. The van der Waals surface area contributed by atoms with E-state index >= 15 is 0 Å². The van der Waals surface area contributed by atoms with Crippen LogP contribution in [0.5, 0.6) is 0 Å². The molecule has 0 aliphatic rings. The molecule has 2 N–H and O–H groups in total. The number of fused-ring (bicyclic) bond motifs is 1. The molecule has 0 aliphatic carbocycles. The van der Waals surface area contributed by atoms with Gasteiger partial charge in [-0.3, -0.25) is 4.79 Å². The zero-order valence-corrected chi connectivity index (χ0v) is 19.4. The van der Waals surface area contributed by atoms with Gasteiger partial charge in [-0.05, 0) is 29.9 Å². The number of nitrogens with zero attached hydrogens (tertiary/aromatic N) is 2. The normalized spacial score (nSPS) is 13.3. The number of hydrogen-bond donors (Lipinski definition) is 2. The fourth-order valence-electron chi connectivity index (χ4n) is 3.99. The van der Waals surface area contributed by atoms with E-state index < -0.39 is 99.3 Å². The molecule has 1 atom stereocenters. The van der Waals surface area contributed by atoms with Crippen molar-refractivity contribution in [2.45, 2.75) is 45.8 Å². The summed E-state index contributed by atoms with van der Waals surface area (Å²) in [6.07, 6.45) is -5.47. The van der Waals surface area contributed by atoms with Gasteiger partial charge in [0.2, 0.25) is 5.43 Å². The summed E-state index contributed by atoms with van der Waals surface area (Å²) in [7, 11) is 0. The van der Waals surface area contributed by atoms with Gasteiger partial charge in [-0.25, -0.2) is 22.9 Å². The lowest BCUT2D eigenvalue weighted by Crippen LogP contribution is -2.31. The first-order valence-electron chi connectivity index (χ1n) is 10.7. The van der Waals surface area contributed by atoms with Crippen LogP contribution in [0.15, 0.2) is 29.2 Å². The summed E-state index contributed by atoms with van der Waals surface area (Å²) in [4.78, 5) is 28.2. The summed E-state index contributed by atoms with van der Waals surface area (Å²) in [5.41, 5.74) is -5.87. The number of pyridine rings is 2. The van der Waals surface area contributed by atoms with E-state index in [1.807, 2.05) is 0 Å². The number of carbonyl (C=O) groups is 1. The van der Waals surface area contributed by atoms with Crippen LogP contribution in [0.4, 0.5) is 26.3 Å². The molecule has 0 unspecified atom stereocenters. The van der Waals surface area contributed by atoms with Crippen molar-refractivity contribution >= 4 is 17.0 Å². The number of carboxylic acids is 1. The van der Waals surface area contributed by atoms with E-state index in [1.165, 1.54) is 0 Å². The first kappa shape index (κ1) is 27.2. The Hall–Kier alpha value is -3.41. The molecule has 0 aliphatic heterocycles. The van der Waals surface area contributed by atoms with Crippen molar-refractivity contribution in [1.29, 1.82) is 0 Å². The highest BCUT2D eigenvalue weighted by Crippen LogP contribution is 2.36. The molecule has 36 heavy (non-hydrogen) atoms. The highest BCUT2D eigenvalue weighted by Gasteiger charge is 2.37. The Balaban J connectivity index is 2.31. The van der Waals surface area contributed by atoms with E-state index in [-0.39, 0.29) is 0 Å². The maximum absolute atomic E-state index is 14.0. The molecule has 3 aromatic rings. The van der Waals surface area contributed by atoms with E-state index in [2.05, 4.69) is 4.98 Å². The molecule has 2 heterocycles. The highest BCUT2D eigenvalue weighted by molar-refractivity contribution is 5.92. The van der Waals surface area contributed by atoms with Gasteiger partial charge in [0.05, 0.1) is 18.0 Å². The van der Waals surface area contributed by atoms with Gasteiger partial charge in [0.25, 0.3) is 0 Å². The summed E-state index contributed by atoms with van der Waals surface area (Å²) in [6.45, 7) is 4.36. The molecule has 0 saturated carbocycles. The van der Waals surface area contributed by atoms with Gasteiger partial charge >= 0.3 is 12.1 Å². The van der Waals surface area contributed by atoms with Crippen LogP contribution >= 0.6 is 0 Å². The number of rotatable bonds is 6. The van der Waals surface area contributed by atoms with Crippen molar-refractivity contribution in [2.24, 2.45) is 5.41 Å². The smallest absolute Gasteiger partial charge is 0.433 e. The van der Waals surface area contributed by atoms with Crippen molar-refractivity contribution in [2.75, 3.05) is 6.61 Å². The van der Waals surface area contributed by atoms with Crippen LogP contribution in [0, 0.1) is 22.9 Å². The summed E-state index contributed by atoms with van der Waals surface area (Å²) >= 11 is 0. The molecule has 0 saturated heterocycles. The number of carboxylic acid groups (broad SMARTS) is 1. The Morgan fingerprint density at radius 1 is 1.06 bits per heavy atom. The van der Waals surface area contributed by atoms with Gasteiger partial charge in [0.1, 0.15) is 34.4 Å². The standard InChI is InChI=1S/C24H22F6N2O4/c1-23(2,3)18(10-33)32-9-15(22(35)36)19(34)14-6-11(20(24(28,29)30)31-21(14)32)4-5-13-16(26)7-12(25)8-17(13)27/h6-9,18,33H,4-5,10H2,1-3H3,(H,35,36)/t18-/m1/s1. The highest BCUT2D eigenvalue weighted by atomic mass is 19.4. The second-order valence-electron chi connectivity index (χ2n) is 9.36. The number of aryl methyl sites for hydroxylation is 1. The van der Waals surface area contributed by atoms with E-state index in [4.69, 9.17) is 0 Å². The third kappa shape index (κ3) is 5.23. The van der Waals surface area contributed by atoms with Crippen molar-refractivity contribution in [3.05, 3.63) is 74.5 Å². The molecule has 3 rings (SSSR count). The lowest BCUT2D eigenvalue weighted by atomic mass is 9.86. The van der Waals surface area contributed by atoms with Gasteiger partial charge < -0.3 is 14.8 Å². The van der Waals surface area contributed by atoms with E-state index in [9.17, 15) is 46.1 Å². The fraction of sp³-hybridized carbons (Fsp3) is 0.375. The molecule has 1 aromatic carbocycles. The number of aromatic carboxylic acids is 1. The molecule has 194 valence electrons. The van der Waals surface area contributed by atoms with Crippen LogP contribution in [0.3, 0.4) is 0 Å². The number of alkyl halides is 3. The maximum Gasteiger partial charge on any atom is 0.433 e. The van der Waals surface area contributed by atoms with Gasteiger partial charge in [0.15, 0.2) is 0 Å². The number of hydrogen-bond acceptors (Lipinski definition) is 4. The van der Waals surface area contributed by atoms with Gasteiger partial charge in [-0.15, -0.1) is 0 Å². The first-order valence-corrected chi connectivity index (χ1v) is 10.7. The SMILES string of the molecule is CC(C)(C)[C@@H](CO)n1cc(C(=O)O)c(=O)c2cc(CCc3c(F)cc(F)cc3F)c(C(F)(F)F)nc21. The summed E-state index contributed by atoms with van der Waals surface area (Å²) in [6, 6.07) is 0.621. The minimum atomic E-state index is -5.05. The third-order valence-corrected chi connectivity index (χ3v) is 5.84. The molecular formula is C24H22F6N2O4. The predicted molar refractivity (Wildman–Crippen MR) is 117 cm³/mol. The van der Waals surface area contributed by atoms with Crippen LogP contribution < -0.4 is 5.43 Å². The topological polar surface area (TPSA) is 92.4 Å². The second kappa shape index (κ2) is 9.57. The number of aromatic nitrogens is 2. The van der Waals surface area contributed by atoms with E-state index in [0.717, 1.165) is 16.8 Å². The van der Waals surface area contributed by atoms with Gasteiger partial charge in [-0.2, -0.15) is 13.2 Å². The molecule has 6 nitrogen and oxygen atoms in total. The molecule has 12 heteroatoms. The summed E-state index contributed by atoms with van der Waals surface area (Å²) in [5, 5.41) is 19.0. The molecule has 0 radical (unpaired) electrons. The lowest BCUT2D eigenvalue weighted by Gasteiger charge is -2.32. The van der Waals surface area contributed by atoms with Gasteiger partial charge in [0, 0.05) is 23.9 Å². The average molecular weight is 516 g/mol. The molecule has 0 amide bonds. The fourth-order valence-corrected chi connectivity index (χ4v) is 3.99. The zero-order valence-electron chi connectivity index (χ0n) is 19.4. The Bertz CT molecular complexity index is 1370. The molecule has 0 bridgehead atoms. The molecule has 2 aromatic heterocycles. The van der Waals surface area contributed by atoms with Crippen molar-refractivity contribution in [1.82, 2.24) is 9.55 Å². The Morgan fingerprint density at radius 3 is 2.11 bits per heavy atom. The molecule has 0 fully saturated rings. The van der Waals surface area contributed by atoms with Crippen LogP contribution in [0.1, 0.15) is 54.0 Å². The first-order chi connectivity index (χ1) is 16.6. The quantitative estimate of drug-likeness (QED) is 0.455.